The maximum atomic E-state index is 12.8. The number of fused-ring (bicyclic) bond motifs is 1. The summed E-state index contributed by atoms with van der Waals surface area (Å²) in [5.41, 5.74) is 2.90. The fraction of sp³-hybridized carbons (Fsp3) is 0.269. The summed E-state index contributed by atoms with van der Waals surface area (Å²) in [6.07, 6.45) is 5.65. The fourth-order valence-electron chi connectivity index (χ4n) is 3.53. The lowest BCUT2D eigenvalue weighted by atomic mass is 10.2. The summed E-state index contributed by atoms with van der Waals surface area (Å²) in [6, 6.07) is 16.1. The van der Waals surface area contributed by atoms with Crippen LogP contribution >= 0.6 is 11.6 Å². The molecule has 0 aliphatic carbocycles. The molecule has 0 radical (unpaired) electrons. The van der Waals surface area contributed by atoms with E-state index in [4.69, 9.17) is 21.3 Å². The first kappa shape index (κ1) is 24.3. The predicted octanol–water partition coefficient (Wildman–Crippen LogP) is 6.03. The highest BCUT2D eigenvalue weighted by Crippen LogP contribution is 2.23. The molecule has 0 spiro atoms. The molecule has 0 amide bonds. The lowest BCUT2D eigenvalue weighted by molar-refractivity contribution is 0.112. The summed E-state index contributed by atoms with van der Waals surface area (Å²) >= 11 is 6.01. The summed E-state index contributed by atoms with van der Waals surface area (Å²) in [5.74, 6) is 1.02. The van der Waals surface area contributed by atoms with Crippen molar-refractivity contribution in [2.75, 3.05) is 0 Å². The smallest absolute Gasteiger partial charge is 0.262 e. The highest BCUT2D eigenvalue weighted by atomic mass is 35.5. The van der Waals surface area contributed by atoms with Crippen molar-refractivity contribution >= 4 is 23.7 Å². The van der Waals surface area contributed by atoms with Gasteiger partial charge in [-0.05, 0) is 24.1 Å². The summed E-state index contributed by atoms with van der Waals surface area (Å²) < 4.78 is 9.56. The Morgan fingerprint density at radius 2 is 1.79 bits per heavy atom. The van der Waals surface area contributed by atoms with Crippen LogP contribution in [0.1, 0.15) is 49.5 Å². The molecule has 33 heavy (non-hydrogen) atoms. The summed E-state index contributed by atoms with van der Waals surface area (Å²) in [7, 11) is 0. The van der Waals surface area contributed by atoms with Crippen molar-refractivity contribution in [3.05, 3.63) is 87.3 Å². The van der Waals surface area contributed by atoms with Crippen LogP contribution in [0, 0.1) is 0 Å². The van der Waals surface area contributed by atoms with Gasteiger partial charge in [-0.2, -0.15) is 0 Å². The number of nitrogens with zero attached hydrogens (tertiary/aromatic N) is 3. The fourth-order valence-corrected chi connectivity index (χ4v) is 3.66. The van der Waals surface area contributed by atoms with E-state index >= 15 is 0 Å². The molecule has 0 saturated carbocycles. The quantitative estimate of drug-likeness (QED) is 0.223. The van der Waals surface area contributed by atoms with Crippen LogP contribution in [0.15, 0.2) is 65.6 Å². The highest BCUT2D eigenvalue weighted by Gasteiger charge is 2.15. The SMILES string of the molecule is C.CCCCCn1c(OCc2ccc(C=O)cc2)cc(=O)n2cc(-c3ccc(Cl)cc3)nc12. The third-order valence-electron chi connectivity index (χ3n) is 5.31. The van der Waals surface area contributed by atoms with Crippen LogP contribution in [0.3, 0.4) is 0 Å². The second-order valence-electron chi connectivity index (χ2n) is 7.63. The van der Waals surface area contributed by atoms with E-state index in [9.17, 15) is 9.59 Å². The molecular formula is C26H28ClN3O3. The average molecular weight is 466 g/mol. The lowest BCUT2D eigenvalue weighted by Gasteiger charge is -2.15. The van der Waals surface area contributed by atoms with Gasteiger partial charge in [0.25, 0.3) is 5.56 Å². The molecule has 0 aliphatic heterocycles. The van der Waals surface area contributed by atoms with Gasteiger partial charge in [-0.15, -0.1) is 0 Å². The number of aryl methyl sites for hydroxylation is 1. The Morgan fingerprint density at radius 1 is 1.06 bits per heavy atom. The molecule has 2 heterocycles. The number of aromatic nitrogens is 3. The van der Waals surface area contributed by atoms with Gasteiger partial charge in [0.1, 0.15) is 12.9 Å². The van der Waals surface area contributed by atoms with Crippen molar-refractivity contribution in [3.63, 3.8) is 0 Å². The number of carbonyl (C=O) groups is 1. The van der Waals surface area contributed by atoms with E-state index < -0.39 is 0 Å². The minimum Gasteiger partial charge on any atom is -0.474 e. The third-order valence-corrected chi connectivity index (χ3v) is 5.56. The van der Waals surface area contributed by atoms with Crippen LogP contribution in [-0.2, 0) is 13.2 Å². The molecule has 0 fully saturated rings. The van der Waals surface area contributed by atoms with Crippen molar-refractivity contribution < 1.29 is 9.53 Å². The van der Waals surface area contributed by atoms with Gasteiger partial charge in [0.05, 0.1) is 11.8 Å². The molecule has 0 N–H and O–H groups in total. The Kier molecular flexibility index (Phi) is 8.06. The zero-order valence-corrected chi connectivity index (χ0v) is 18.6. The summed E-state index contributed by atoms with van der Waals surface area (Å²) in [4.78, 5) is 28.5. The molecule has 0 aliphatic rings. The molecule has 4 rings (SSSR count). The van der Waals surface area contributed by atoms with E-state index in [-0.39, 0.29) is 19.6 Å². The maximum Gasteiger partial charge on any atom is 0.262 e. The Hall–Kier alpha value is -3.38. The Labute approximate surface area is 198 Å². The van der Waals surface area contributed by atoms with Gasteiger partial charge in [0, 0.05) is 28.9 Å². The predicted molar refractivity (Wildman–Crippen MR) is 132 cm³/mol. The van der Waals surface area contributed by atoms with Crippen molar-refractivity contribution in [1.29, 1.82) is 0 Å². The van der Waals surface area contributed by atoms with Crippen LogP contribution in [0.25, 0.3) is 17.0 Å². The molecule has 6 nitrogen and oxygen atoms in total. The van der Waals surface area contributed by atoms with Gasteiger partial charge in [-0.3, -0.25) is 18.6 Å². The van der Waals surface area contributed by atoms with E-state index in [1.165, 1.54) is 6.07 Å². The van der Waals surface area contributed by atoms with E-state index in [0.717, 1.165) is 36.7 Å². The third kappa shape index (κ3) is 5.52. The molecular weight excluding hydrogens is 438 g/mol. The van der Waals surface area contributed by atoms with Crippen molar-refractivity contribution in [2.24, 2.45) is 0 Å². The zero-order chi connectivity index (χ0) is 22.5. The molecule has 7 heteroatoms. The summed E-state index contributed by atoms with van der Waals surface area (Å²) in [5, 5.41) is 0.647. The first-order valence-corrected chi connectivity index (χ1v) is 11.0. The van der Waals surface area contributed by atoms with Gasteiger partial charge in [-0.1, -0.05) is 75.2 Å². The first-order chi connectivity index (χ1) is 15.6. The minimum atomic E-state index is -0.203. The standard InChI is InChI=1S/C25H24ClN3O3.CH4/c1-2-3-4-13-28-24(32-17-19-7-5-18(16-30)6-8-19)14-23(31)29-15-22(27-25(28)29)20-9-11-21(26)12-10-20;/h5-12,14-16H,2-4,13,17H2,1H3;1H4. The van der Waals surface area contributed by atoms with Crippen LogP contribution in [0.2, 0.25) is 5.02 Å². The maximum absolute atomic E-state index is 12.8. The number of rotatable bonds is 9. The van der Waals surface area contributed by atoms with Gasteiger partial charge in [0.2, 0.25) is 11.7 Å². The normalized spacial score (nSPS) is 10.7. The molecule has 0 atom stereocenters. The second-order valence-corrected chi connectivity index (χ2v) is 8.07. The number of hydrogen-bond acceptors (Lipinski definition) is 4. The second kappa shape index (κ2) is 11.0. The van der Waals surface area contributed by atoms with E-state index in [1.54, 1.807) is 34.9 Å². The van der Waals surface area contributed by atoms with Crippen LogP contribution in [0.4, 0.5) is 0 Å². The molecule has 2 aromatic carbocycles. The topological polar surface area (TPSA) is 65.6 Å². The number of benzene rings is 2. The molecule has 4 aromatic rings. The van der Waals surface area contributed by atoms with Gasteiger partial charge in [-0.25, -0.2) is 4.98 Å². The van der Waals surface area contributed by atoms with Crippen molar-refractivity contribution in [2.45, 2.75) is 46.8 Å². The lowest BCUT2D eigenvalue weighted by Crippen LogP contribution is -2.19. The van der Waals surface area contributed by atoms with E-state index in [1.807, 2.05) is 28.8 Å². The molecule has 2 aromatic heterocycles. The number of ether oxygens (including phenoxy) is 1. The molecule has 0 bridgehead atoms. The summed E-state index contributed by atoms with van der Waals surface area (Å²) in [6.45, 7) is 3.12. The van der Waals surface area contributed by atoms with Crippen LogP contribution in [-0.4, -0.2) is 20.2 Å². The number of carbonyl (C=O) groups excluding carboxylic acids is 1. The van der Waals surface area contributed by atoms with Crippen LogP contribution < -0.4 is 10.3 Å². The van der Waals surface area contributed by atoms with Crippen LogP contribution in [0.5, 0.6) is 5.88 Å². The number of hydrogen-bond donors (Lipinski definition) is 0. The van der Waals surface area contributed by atoms with Gasteiger partial charge < -0.3 is 4.74 Å². The number of imidazole rings is 1. The van der Waals surface area contributed by atoms with Gasteiger partial charge in [0.15, 0.2) is 0 Å². The molecule has 172 valence electrons. The molecule has 0 unspecified atom stereocenters. The largest absolute Gasteiger partial charge is 0.474 e. The monoisotopic (exact) mass is 465 g/mol. The zero-order valence-electron chi connectivity index (χ0n) is 17.8. The van der Waals surface area contributed by atoms with E-state index in [2.05, 4.69) is 6.92 Å². The van der Waals surface area contributed by atoms with E-state index in [0.29, 0.717) is 34.5 Å². The number of halogens is 1. The number of aldehydes is 1. The van der Waals surface area contributed by atoms with Crippen molar-refractivity contribution in [3.8, 4) is 17.1 Å². The Balaban J connectivity index is 0.00000306. The van der Waals surface area contributed by atoms with Crippen molar-refractivity contribution in [1.82, 2.24) is 14.0 Å². The Bertz CT molecular complexity index is 1280. The minimum absolute atomic E-state index is 0. The van der Waals surface area contributed by atoms with Gasteiger partial charge >= 0.3 is 0 Å². The Morgan fingerprint density at radius 3 is 2.45 bits per heavy atom. The number of unbranched alkanes of at least 4 members (excludes halogenated alkanes) is 2. The average Bonchev–Trinajstić information content (AvgIpc) is 3.26. The first-order valence-electron chi connectivity index (χ1n) is 10.6. The molecule has 0 saturated heterocycles. The highest BCUT2D eigenvalue weighted by molar-refractivity contribution is 6.30.